The molecule has 0 spiro atoms. The van der Waals surface area contributed by atoms with Gasteiger partial charge in [-0.15, -0.1) is 0 Å². The zero-order chi connectivity index (χ0) is 49.3. The van der Waals surface area contributed by atoms with E-state index >= 15 is 0 Å². The Hall–Kier alpha value is -7.50. The number of carbonyl (C=O) groups is 5. The predicted octanol–water partition coefficient (Wildman–Crippen LogP) is 8.34. The number of nitrogens with zero attached hydrogens (tertiary/aromatic N) is 6. The first kappa shape index (κ1) is 47.2. The van der Waals surface area contributed by atoms with Gasteiger partial charge in [-0.3, -0.25) is 39.4 Å². The maximum Gasteiger partial charge on any atom is 0.355 e. The van der Waals surface area contributed by atoms with Gasteiger partial charge in [0, 0.05) is 48.8 Å². The van der Waals surface area contributed by atoms with Crippen molar-refractivity contribution in [1.29, 1.82) is 0 Å². The summed E-state index contributed by atoms with van der Waals surface area (Å²) >= 11 is 1.43. The first-order chi connectivity index (χ1) is 34.4. The van der Waals surface area contributed by atoms with Crippen LogP contribution in [0.15, 0.2) is 91.0 Å². The molecular weight excluding hydrogens is 919 g/mol. The van der Waals surface area contributed by atoms with Crippen molar-refractivity contribution in [3.8, 4) is 16.9 Å². The molecule has 2 atom stereocenters. The smallest absolute Gasteiger partial charge is 0.355 e. The summed E-state index contributed by atoms with van der Waals surface area (Å²) in [7, 11) is 1.81. The van der Waals surface area contributed by atoms with Crippen molar-refractivity contribution in [3.05, 3.63) is 125 Å². The van der Waals surface area contributed by atoms with Gasteiger partial charge < -0.3 is 20.1 Å². The summed E-state index contributed by atoms with van der Waals surface area (Å²) < 4.78 is 9.09. The lowest BCUT2D eigenvalue weighted by atomic mass is 9.84. The molecule has 4 aromatic carbocycles. The van der Waals surface area contributed by atoms with Gasteiger partial charge in [0.05, 0.1) is 40.5 Å². The van der Waals surface area contributed by atoms with Gasteiger partial charge in [-0.2, -0.15) is 5.10 Å². The number of benzene rings is 4. The summed E-state index contributed by atoms with van der Waals surface area (Å²) in [5.41, 5.74) is 7.42. The normalized spacial score (nSPS) is 16.9. The van der Waals surface area contributed by atoms with E-state index in [1.165, 1.54) is 11.3 Å². The van der Waals surface area contributed by atoms with Crippen molar-refractivity contribution in [1.82, 2.24) is 30.0 Å². The molecule has 2 saturated heterocycles. The highest BCUT2D eigenvalue weighted by molar-refractivity contribution is 7.22. The number of aromatic carboxylic acids is 1. The van der Waals surface area contributed by atoms with E-state index in [2.05, 4.69) is 37.9 Å². The molecule has 71 heavy (non-hydrogen) atoms. The van der Waals surface area contributed by atoms with Crippen LogP contribution in [-0.4, -0.2) is 92.1 Å². The van der Waals surface area contributed by atoms with Gasteiger partial charge in [-0.25, -0.2) is 14.8 Å². The van der Waals surface area contributed by atoms with Crippen LogP contribution in [0.25, 0.3) is 32.2 Å². The van der Waals surface area contributed by atoms with Gasteiger partial charge in [0.15, 0.2) is 10.8 Å². The molecule has 0 bridgehead atoms. The van der Waals surface area contributed by atoms with E-state index in [9.17, 15) is 29.1 Å². The largest absolute Gasteiger partial charge is 0.493 e. The third kappa shape index (κ3) is 9.97. The Kier molecular flexibility index (Phi) is 13.3. The second-order valence-corrected chi connectivity index (χ2v) is 19.9. The number of carboxylic acid groups (broad SMARTS) is 1. The van der Waals surface area contributed by atoms with Crippen molar-refractivity contribution in [3.63, 3.8) is 0 Å². The van der Waals surface area contributed by atoms with E-state index < -0.39 is 11.9 Å². The number of hydrogen-bond acceptors (Lipinski definition) is 12. The first-order valence-corrected chi connectivity index (χ1v) is 25.0. The Morgan fingerprint density at radius 3 is 2.52 bits per heavy atom. The van der Waals surface area contributed by atoms with Gasteiger partial charge in [0.25, 0.3) is 5.91 Å². The van der Waals surface area contributed by atoms with Gasteiger partial charge in [0.1, 0.15) is 11.6 Å². The number of hydrogen-bond donors (Lipinski definition) is 4. The fourth-order valence-corrected chi connectivity index (χ4v) is 11.3. The summed E-state index contributed by atoms with van der Waals surface area (Å²) in [6.07, 6.45) is 4.15. The number of carbonyl (C=O) groups excluding carboxylic acids is 4. The number of aromatic nitrogens is 4. The van der Waals surface area contributed by atoms with Crippen LogP contribution in [0.3, 0.4) is 0 Å². The number of carboxylic acids is 1. The number of ether oxygens (including phenoxy) is 1. The Labute approximate surface area is 414 Å². The molecule has 3 aliphatic heterocycles. The van der Waals surface area contributed by atoms with E-state index in [1.807, 2.05) is 103 Å². The average Bonchev–Trinajstić information content (AvgIpc) is 3.93. The number of likely N-dealkylation sites (tertiary alicyclic amines) is 1. The minimum atomic E-state index is -1.13. The lowest BCUT2D eigenvalue weighted by molar-refractivity contribution is -0.134. The third-order valence-electron chi connectivity index (χ3n) is 14.4. The number of imide groups is 1. The average molecular weight is 974 g/mol. The molecule has 10 rings (SSSR count). The van der Waals surface area contributed by atoms with E-state index in [4.69, 9.17) is 9.72 Å². The number of nitrogens with one attached hydrogen (secondary N) is 3. The zero-order valence-corrected chi connectivity index (χ0v) is 40.7. The Morgan fingerprint density at radius 1 is 0.901 bits per heavy atom. The van der Waals surface area contributed by atoms with E-state index in [0.717, 1.165) is 75.7 Å². The fraction of sp³-hybridized carbons (Fsp3) is 0.333. The molecule has 16 nitrogen and oxygen atoms in total. The number of thiazole rings is 1. The highest BCUT2D eigenvalue weighted by Gasteiger charge is 2.32. The predicted molar refractivity (Wildman–Crippen MR) is 273 cm³/mol. The highest BCUT2D eigenvalue weighted by atomic mass is 32.1. The van der Waals surface area contributed by atoms with Gasteiger partial charge in [0.2, 0.25) is 17.7 Å². The molecule has 0 aliphatic carbocycles. The molecule has 3 aromatic heterocycles. The second kappa shape index (κ2) is 20.1. The van der Waals surface area contributed by atoms with Crippen molar-refractivity contribution >= 4 is 78.7 Å². The second-order valence-electron chi connectivity index (χ2n) is 18.9. The molecule has 0 saturated carbocycles. The number of anilines is 3. The number of piperidine rings is 2. The van der Waals surface area contributed by atoms with Crippen molar-refractivity contribution in [2.24, 2.45) is 18.9 Å². The number of pyridine rings is 1. The Morgan fingerprint density at radius 2 is 1.72 bits per heavy atom. The zero-order valence-electron chi connectivity index (χ0n) is 39.9. The summed E-state index contributed by atoms with van der Waals surface area (Å²) in [6, 6.07) is 28.4. The van der Waals surface area contributed by atoms with Crippen molar-refractivity contribution in [2.45, 2.75) is 64.8 Å². The maximum atomic E-state index is 13.6. The van der Waals surface area contributed by atoms with Crippen LogP contribution >= 0.6 is 11.3 Å². The van der Waals surface area contributed by atoms with Crippen LogP contribution < -0.4 is 25.6 Å². The summed E-state index contributed by atoms with van der Waals surface area (Å²) in [5.74, 6) is -0.464. The van der Waals surface area contributed by atoms with Gasteiger partial charge >= 0.3 is 5.97 Å². The number of rotatable bonds is 14. The van der Waals surface area contributed by atoms with E-state index in [0.29, 0.717) is 83.6 Å². The van der Waals surface area contributed by atoms with Crippen LogP contribution in [0.4, 0.5) is 16.6 Å². The van der Waals surface area contributed by atoms with Gasteiger partial charge in [-0.05, 0) is 141 Å². The van der Waals surface area contributed by atoms with Crippen LogP contribution in [0.1, 0.15) is 88.2 Å². The first-order valence-electron chi connectivity index (χ1n) is 24.2. The monoisotopic (exact) mass is 973 g/mol. The molecule has 3 aliphatic rings. The maximum absolute atomic E-state index is 13.6. The molecule has 2 fully saturated rings. The summed E-state index contributed by atoms with van der Waals surface area (Å²) in [5, 5.41) is 24.9. The number of fused-ring (bicyclic) bond motifs is 3. The quantitative estimate of drug-likeness (QED) is 0.0761. The van der Waals surface area contributed by atoms with Crippen molar-refractivity contribution < 1.29 is 33.8 Å². The van der Waals surface area contributed by atoms with Crippen molar-refractivity contribution in [2.75, 3.05) is 48.3 Å². The fourth-order valence-electron chi connectivity index (χ4n) is 10.4. The lowest BCUT2D eigenvalue weighted by Gasteiger charge is -2.34. The molecular formula is C54H55N9O7S. The van der Waals surface area contributed by atoms with E-state index in [1.54, 1.807) is 11.7 Å². The molecule has 2 unspecified atom stereocenters. The van der Waals surface area contributed by atoms with Gasteiger partial charge in [-0.1, -0.05) is 54.7 Å². The molecule has 4 N–H and O–H groups in total. The van der Waals surface area contributed by atoms with E-state index in [-0.39, 0.29) is 42.3 Å². The molecule has 0 radical (unpaired) electrons. The Balaban J connectivity index is 0.720. The standard InChI is InChI=1S/C54H55N9O7S/c1-31(33-20-24-62(25-21-33)30-48(65)55-35-14-15-39-43(28-35)61(3)60-49(39)40-17-19-47(64)58-52(40)67)23-27-70-44-12-7-9-36(32(44)2)37-16-18-46(57-50(37)53(68)69)63-26-22-34-8-6-10-38(41(34)29-63)51(66)59-54-56-42-11-4-5-13-45(42)71-54/h4-16,18,28,31,33,40H,17,19-27,29-30H2,1-3H3,(H,55,65)(H,68,69)(H,56,59,66)(H,58,64,67). The number of aryl methyl sites for hydroxylation is 1. The molecule has 364 valence electrons. The minimum Gasteiger partial charge on any atom is -0.493 e. The number of amides is 4. The summed E-state index contributed by atoms with van der Waals surface area (Å²) in [4.78, 5) is 77.4. The molecule has 4 amide bonds. The molecule has 7 aromatic rings. The summed E-state index contributed by atoms with van der Waals surface area (Å²) in [6.45, 7) is 7.63. The lowest BCUT2D eigenvalue weighted by Crippen LogP contribution is -2.40. The van der Waals surface area contributed by atoms with Crippen LogP contribution in [0.2, 0.25) is 0 Å². The highest BCUT2D eigenvalue weighted by Crippen LogP contribution is 2.36. The third-order valence-corrected chi connectivity index (χ3v) is 15.3. The number of para-hydroxylation sites is 1. The topological polar surface area (TPSA) is 201 Å². The minimum absolute atomic E-state index is 0.0545. The SMILES string of the molecule is Cc1c(OCCC(C)C2CCN(CC(=O)Nc3ccc4c(C5CCC(=O)NC5=O)nn(C)c4c3)CC2)cccc1-c1ccc(N2CCc3cccc(C(=O)Nc4nc5ccccc5s4)c3C2)nc1C(=O)O. The van der Waals surface area contributed by atoms with Crippen LogP contribution in [-0.2, 0) is 34.4 Å². The van der Waals surface area contributed by atoms with Crippen LogP contribution in [0.5, 0.6) is 5.75 Å². The molecule has 6 heterocycles. The van der Waals surface area contributed by atoms with Crippen LogP contribution in [0, 0.1) is 18.8 Å². The molecule has 17 heteroatoms. The Bertz CT molecular complexity index is 3200.